The minimum atomic E-state index is -0.167. The van der Waals surface area contributed by atoms with Crippen molar-refractivity contribution in [1.82, 2.24) is 9.97 Å². The van der Waals surface area contributed by atoms with E-state index in [9.17, 15) is 4.79 Å². The zero-order valence-corrected chi connectivity index (χ0v) is 12.8. The standard InChI is InChI=1S/C18H17N3O/c1-11-4-5-16-14(8-11)15(10-13(3)20-16)18(22)21-17-9-12(2)6-7-19-17/h4-10H,1-3H3,(H,19,21,22). The van der Waals surface area contributed by atoms with Crippen molar-refractivity contribution in [3.8, 4) is 0 Å². The van der Waals surface area contributed by atoms with Gasteiger partial charge in [0.2, 0.25) is 0 Å². The maximum atomic E-state index is 12.6. The molecule has 110 valence electrons. The molecule has 1 aromatic carbocycles. The number of fused-ring (bicyclic) bond motifs is 1. The van der Waals surface area contributed by atoms with Crippen LogP contribution < -0.4 is 5.32 Å². The number of hydrogen-bond acceptors (Lipinski definition) is 3. The Kier molecular flexibility index (Phi) is 3.59. The Balaban J connectivity index is 2.05. The van der Waals surface area contributed by atoms with Crippen LogP contribution in [0.3, 0.4) is 0 Å². The second-order valence-corrected chi connectivity index (χ2v) is 5.50. The molecule has 0 atom stereocenters. The summed E-state index contributed by atoms with van der Waals surface area (Å²) in [7, 11) is 0. The maximum absolute atomic E-state index is 12.6. The van der Waals surface area contributed by atoms with Gasteiger partial charge in [-0.1, -0.05) is 11.6 Å². The van der Waals surface area contributed by atoms with Gasteiger partial charge in [-0.15, -0.1) is 0 Å². The maximum Gasteiger partial charge on any atom is 0.257 e. The molecule has 2 heterocycles. The lowest BCUT2D eigenvalue weighted by molar-refractivity contribution is 0.102. The number of aryl methyl sites for hydroxylation is 3. The number of carbonyl (C=O) groups is 1. The van der Waals surface area contributed by atoms with Crippen LogP contribution in [0.5, 0.6) is 0 Å². The molecule has 2 aromatic heterocycles. The van der Waals surface area contributed by atoms with E-state index < -0.39 is 0 Å². The van der Waals surface area contributed by atoms with Gasteiger partial charge in [0, 0.05) is 17.3 Å². The monoisotopic (exact) mass is 291 g/mol. The quantitative estimate of drug-likeness (QED) is 0.781. The molecule has 0 aliphatic heterocycles. The first-order valence-electron chi connectivity index (χ1n) is 7.15. The molecule has 0 saturated heterocycles. The number of rotatable bonds is 2. The molecule has 0 radical (unpaired) electrons. The number of aromatic nitrogens is 2. The van der Waals surface area contributed by atoms with Crippen molar-refractivity contribution < 1.29 is 4.79 Å². The Morgan fingerprint density at radius 1 is 1.00 bits per heavy atom. The molecule has 0 aliphatic rings. The van der Waals surface area contributed by atoms with Gasteiger partial charge in [0.05, 0.1) is 11.1 Å². The molecule has 0 aliphatic carbocycles. The van der Waals surface area contributed by atoms with Crippen molar-refractivity contribution in [2.45, 2.75) is 20.8 Å². The van der Waals surface area contributed by atoms with Crippen LogP contribution in [-0.4, -0.2) is 15.9 Å². The summed E-state index contributed by atoms with van der Waals surface area (Å²) >= 11 is 0. The molecule has 3 aromatic rings. The Morgan fingerprint density at radius 3 is 2.55 bits per heavy atom. The molecule has 1 amide bonds. The fraction of sp³-hybridized carbons (Fsp3) is 0.167. The van der Waals surface area contributed by atoms with Crippen molar-refractivity contribution in [3.63, 3.8) is 0 Å². The molecule has 0 saturated carbocycles. The van der Waals surface area contributed by atoms with E-state index in [-0.39, 0.29) is 5.91 Å². The van der Waals surface area contributed by atoms with E-state index in [0.717, 1.165) is 27.7 Å². The highest BCUT2D eigenvalue weighted by Gasteiger charge is 2.13. The van der Waals surface area contributed by atoms with Crippen molar-refractivity contribution in [3.05, 3.63) is 65.0 Å². The third-order valence-corrected chi connectivity index (χ3v) is 3.49. The number of carbonyl (C=O) groups excluding carboxylic acids is 1. The normalized spacial score (nSPS) is 10.7. The molecule has 0 bridgehead atoms. The SMILES string of the molecule is Cc1ccnc(NC(=O)c2cc(C)nc3ccc(C)cc23)c1. The van der Waals surface area contributed by atoms with Crippen molar-refractivity contribution >= 4 is 22.6 Å². The average Bonchev–Trinajstić information content (AvgIpc) is 2.47. The van der Waals surface area contributed by atoms with Gasteiger partial charge in [0.25, 0.3) is 5.91 Å². The predicted molar refractivity (Wildman–Crippen MR) is 88.1 cm³/mol. The average molecular weight is 291 g/mol. The van der Waals surface area contributed by atoms with Gasteiger partial charge in [-0.05, 0) is 56.7 Å². The van der Waals surface area contributed by atoms with Crippen LogP contribution in [0, 0.1) is 20.8 Å². The smallest absolute Gasteiger partial charge is 0.257 e. The Hall–Kier alpha value is -2.75. The molecular formula is C18H17N3O. The van der Waals surface area contributed by atoms with Gasteiger partial charge in [-0.2, -0.15) is 0 Å². The molecule has 22 heavy (non-hydrogen) atoms. The van der Waals surface area contributed by atoms with Gasteiger partial charge >= 0.3 is 0 Å². The fourth-order valence-electron chi connectivity index (χ4n) is 2.45. The zero-order valence-electron chi connectivity index (χ0n) is 12.8. The number of benzene rings is 1. The summed E-state index contributed by atoms with van der Waals surface area (Å²) in [5.74, 6) is 0.388. The molecule has 4 heteroatoms. The van der Waals surface area contributed by atoms with Crippen LogP contribution >= 0.6 is 0 Å². The van der Waals surface area contributed by atoms with Gasteiger partial charge in [0.15, 0.2) is 0 Å². The van der Waals surface area contributed by atoms with Gasteiger partial charge in [-0.25, -0.2) is 4.98 Å². The van der Waals surface area contributed by atoms with Crippen molar-refractivity contribution in [2.24, 2.45) is 0 Å². The highest BCUT2D eigenvalue weighted by atomic mass is 16.1. The first-order valence-corrected chi connectivity index (χ1v) is 7.15. The third kappa shape index (κ3) is 2.81. The largest absolute Gasteiger partial charge is 0.307 e. The minimum Gasteiger partial charge on any atom is -0.307 e. The van der Waals surface area contributed by atoms with E-state index in [1.165, 1.54) is 0 Å². The van der Waals surface area contributed by atoms with E-state index in [1.54, 1.807) is 6.20 Å². The van der Waals surface area contributed by atoms with Gasteiger partial charge < -0.3 is 5.32 Å². The summed E-state index contributed by atoms with van der Waals surface area (Å²) in [4.78, 5) is 21.3. The zero-order chi connectivity index (χ0) is 15.7. The number of pyridine rings is 2. The second-order valence-electron chi connectivity index (χ2n) is 5.50. The topological polar surface area (TPSA) is 54.9 Å². The summed E-state index contributed by atoms with van der Waals surface area (Å²) in [6, 6.07) is 11.5. The summed E-state index contributed by atoms with van der Waals surface area (Å²) in [5, 5.41) is 3.72. The first-order chi connectivity index (χ1) is 10.5. The minimum absolute atomic E-state index is 0.167. The molecule has 4 nitrogen and oxygen atoms in total. The number of nitrogens with zero attached hydrogens (tertiary/aromatic N) is 2. The molecule has 0 spiro atoms. The van der Waals surface area contributed by atoms with Crippen LogP contribution in [0.1, 0.15) is 27.2 Å². The molecule has 3 rings (SSSR count). The van der Waals surface area contributed by atoms with E-state index in [0.29, 0.717) is 11.4 Å². The molecule has 0 fully saturated rings. The number of anilines is 1. The lowest BCUT2D eigenvalue weighted by atomic mass is 10.0. The molecule has 1 N–H and O–H groups in total. The van der Waals surface area contributed by atoms with Gasteiger partial charge in [0.1, 0.15) is 5.82 Å². The third-order valence-electron chi connectivity index (χ3n) is 3.49. The highest BCUT2D eigenvalue weighted by Crippen LogP contribution is 2.21. The van der Waals surface area contributed by atoms with E-state index in [2.05, 4.69) is 15.3 Å². The highest BCUT2D eigenvalue weighted by molar-refractivity contribution is 6.12. The molecule has 0 unspecified atom stereocenters. The summed E-state index contributed by atoms with van der Waals surface area (Å²) in [6.45, 7) is 5.86. The van der Waals surface area contributed by atoms with E-state index in [1.807, 2.05) is 57.2 Å². The lowest BCUT2D eigenvalue weighted by Gasteiger charge is -2.09. The number of nitrogens with one attached hydrogen (secondary N) is 1. The Morgan fingerprint density at radius 2 is 1.77 bits per heavy atom. The summed E-state index contributed by atoms with van der Waals surface area (Å²) in [5.41, 5.74) is 4.42. The van der Waals surface area contributed by atoms with Gasteiger partial charge in [-0.3, -0.25) is 9.78 Å². The van der Waals surface area contributed by atoms with Crippen molar-refractivity contribution in [1.29, 1.82) is 0 Å². The summed E-state index contributed by atoms with van der Waals surface area (Å²) in [6.07, 6.45) is 1.69. The van der Waals surface area contributed by atoms with Crippen LogP contribution in [0.25, 0.3) is 10.9 Å². The van der Waals surface area contributed by atoms with Crippen molar-refractivity contribution in [2.75, 3.05) is 5.32 Å². The van der Waals surface area contributed by atoms with Crippen LogP contribution in [-0.2, 0) is 0 Å². The number of hydrogen-bond donors (Lipinski definition) is 1. The van der Waals surface area contributed by atoms with E-state index in [4.69, 9.17) is 0 Å². The second kappa shape index (κ2) is 5.56. The van der Waals surface area contributed by atoms with Crippen LogP contribution in [0.4, 0.5) is 5.82 Å². The lowest BCUT2D eigenvalue weighted by Crippen LogP contribution is -2.14. The van der Waals surface area contributed by atoms with Crippen LogP contribution in [0.15, 0.2) is 42.6 Å². The molecular weight excluding hydrogens is 274 g/mol. The predicted octanol–water partition coefficient (Wildman–Crippen LogP) is 3.81. The first kappa shape index (κ1) is 14.2. The van der Waals surface area contributed by atoms with Crippen LogP contribution in [0.2, 0.25) is 0 Å². The fourth-order valence-corrected chi connectivity index (χ4v) is 2.45. The Bertz CT molecular complexity index is 871. The number of amides is 1. The summed E-state index contributed by atoms with van der Waals surface area (Å²) < 4.78 is 0. The Labute approximate surface area is 129 Å². The van der Waals surface area contributed by atoms with E-state index >= 15 is 0 Å².